The van der Waals surface area contributed by atoms with Crippen LogP contribution in [0.3, 0.4) is 0 Å². The van der Waals surface area contributed by atoms with Gasteiger partial charge in [0.15, 0.2) is 24.8 Å². The summed E-state index contributed by atoms with van der Waals surface area (Å²) in [6.07, 6.45) is 18.3. The number of nitrogens with one attached hydrogen (secondary N) is 2. The van der Waals surface area contributed by atoms with E-state index in [9.17, 15) is 80.9 Å². The van der Waals surface area contributed by atoms with Crippen LogP contribution in [-0.2, 0) is 0 Å². The van der Waals surface area contributed by atoms with Crippen molar-refractivity contribution in [2.75, 3.05) is 0 Å². The molecular weight excluding hydrogens is 1690 g/mol. The van der Waals surface area contributed by atoms with Crippen molar-refractivity contribution in [2.45, 2.75) is 214 Å². The van der Waals surface area contributed by atoms with Crippen LogP contribution in [0.25, 0.3) is 64.8 Å². The summed E-state index contributed by atoms with van der Waals surface area (Å²) in [5.74, 6) is 0. The van der Waals surface area contributed by atoms with Crippen LogP contribution in [-0.4, -0.2) is 95.5 Å². The van der Waals surface area contributed by atoms with Gasteiger partial charge in [0.1, 0.15) is 45.6 Å². The Morgan fingerprint density at radius 2 is 0.346 bits per heavy atom. The van der Waals surface area contributed by atoms with Gasteiger partial charge >= 0.3 is 91.7 Å². The number of fused-ring (bicyclic) bond motifs is 16. The third-order valence-electron chi connectivity index (χ3n) is 23.4. The number of hydrogen-bond donors (Lipinski definition) is 0. The Labute approximate surface area is 786 Å². The fourth-order valence-corrected chi connectivity index (χ4v) is 18.0. The van der Waals surface area contributed by atoms with E-state index in [4.69, 9.17) is 0 Å². The second-order valence-electron chi connectivity index (χ2n) is 29.7. The Hall–Kier alpha value is -13.5. The third kappa shape index (κ3) is 18.5. The quantitative estimate of drug-likeness (QED) is 0.0244. The number of allylic oxidation sites excluding steroid dienone is 8. The average molecular weight is 1790 g/mol. The zero-order chi connectivity index (χ0) is 93.1. The van der Waals surface area contributed by atoms with Gasteiger partial charge in [-0.25, -0.2) is 9.97 Å². The van der Waals surface area contributed by atoms with Crippen molar-refractivity contribution in [3.8, 4) is 22.3 Å². The van der Waals surface area contributed by atoms with Crippen molar-refractivity contribution in [2.24, 2.45) is 0 Å². The Morgan fingerprint density at radius 1 is 0.223 bits per heavy atom. The summed E-state index contributed by atoms with van der Waals surface area (Å²) in [5.41, 5.74) is 6.11. The van der Waals surface area contributed by atoms with Crippen molar-refractivity contribution < 1.29 is 49.4 Å². The van der Waals surface area contributed by atoms with Gasteiger partial charge in [-0.2, -0.15) is 0 Å². The minimum Gasteiger partial charge on any atom is -0.513 e. The van der Waals surface area contributed by atoms with Crippen LogP contribution in [0, 0.1) is 129 Å². The topological polar surface area (TPSA) is 512 Å². The first-order valence-electron chi connectivity index (χ1n) is 42.9. The number of nitro groups is 8. The van der Waals surface area contributed by atoms with E-state index in [2.05, 4.69) is 86.7 Å². The Kier molecular flexibility index (Phi) is 33.6. The molecule has 14 heterocycles. The number of H-pyrrole nitrogens is 2. The first kappa shape index (κ1) is 100. The molecule has 0 atom stereocenters. The summed E-state index contributed by atoms with van der Waals surface area (Å²) in [6, 6.07) is 15.2. The van der Waals surface area contributed by atoms with Crippen LogP contribution in [0.2, 0.25) is 0 Å². The number of aromatic amines is 2. The van der Waals surface area contributed by atoms with E-state index < -0.39 is 85.0 Å². The van der Waals surface area contributed by atoms with Gasteiger partial charge in [0, 0.05) is 100 Å². The number of hydrogen-bond acceptors (Lipinski definition) is 18. The summed E-state index contributed by atoms with van der Waals surface area (Å²) in [6.45, 7) is 28.2. The second kappa shape index (κ2) is 43.6. The molecule has 4 aromatic heterocycles. The van der Waals surface area contributed by atoms with Crippen LogP contribution >= 0.6 is 0 Å². The summed E-state index contributed by atoms with van der Waals surface area (Å²) in [5, 5.41) is 143. The monoisotopic (exact) mass is 1790 g/mol. The minimum atomic E-state index is -0.633. The number of nitrogens with zero attached hydrogens (tertiary/aromatic N) is 18. The normalized spacial score (nSPS) is 21.5. The van der Waals surface area contributed by atoms with Crippen LogP contribution < -0.4 is 9.97 Å². The largest absolute Gasteiger partial charge is 2.00 e. The van der Waals surface area contributed by atoms with Gasteiger partial charge in [0.25, 0.3) is 0 Å². The van der Waals surface area contributed by atoms with Gasteiger partial charge < -0.3 is 42.5 Å². The molecule has 10 aliphatic heterocycles. The molecule has 4 aromatic rings. The van der Waals surface area contributed by atoms with Gasteiger partial charge in [0.05, 0.1) is 177 Å². The fourth-order valence-electron chi connectivity index (χ4n) is 18.0. The van der Waals surface area contributed by atoms with Crippen molar-refractivity contribution in [1.82, 2.24) is 9.97 Å². The molecule has 38 heteroatoms. The maximum Gasteiger partial charge on any atom is 2.00 e. The van der Waals surface area contributed by atoms with E-state index >= 15 is 0 Å². The number of aromatic nitrogens is 4. The SMILES string of the molecule is CCC1=C(CC)[C+]2[N-]/C1=C(/[N+](=O)[O-])[C+]1[N-]/C(=C(/[N+](=O)[O-])[C+]3[N-]/C(=C(/[N+](=O)[O-])[C+]4[N-]/C(=C\2[N+](=O)[O-])C(CC)=C4CC)C(CC)=C3CC)C(CC)=C1CC.CCC1=C(CC)[C+]2[N-]/C1=C(/[N+](=O)[O-])[C+]1[N-]/C(=C(/[N+](=O)[O-])[C+]3[N-]/C(=C(/[N+](=O)[O-])[C+]4[N-]/C(=C\2[N+](=O)[O-])C(CC)=C4CC)C(CC)=C3CC)C(CC)=C1CC.[Mg+2].[Mg+2].c1cc(-c2cc[nH+]cc2)cc[nH+]1.c1cc(-c2ccncc2)ccn1. The third-order valence-corrected chi connectivity index (χ3v) is 23.4. The van der Waals surface area contributed by atoms with Gasteiger partial charge in [-0.15, -0.1) is 0 Å². The van der Waals surface area contributed by atoms with Crippen LogP contribution in [0.5, 0.6) is 0 Å². The van der Waals surface area contributed by atoms with Crippen molar-refractivity contribution >= 4 is 46.1 Å². The van der Waals surface area contributed by atoms with Crippen molar-refractivity contribution in [3.05, 3.63) is 450 Å². The molecule has 10 aliphatic rings. The average Bonchev–Trinajstić information content (AvgIpc) is 1.57. The standard InChI is InChI=1S/2C36H40N8O8.2C10H8N2.2Mg/c2*1-9-17-18(10-2)26-34(42(47)48)28-21(13-5)22(14-6)30(39-28)36(44(51)52)32-24(16-8)23(15-7)31(40-32)35(43(49)50)29-20(12-4)19(11-3)27(38-29)33(41(45)46)25(17)37-26;2*1-5-11-6-2-9(1)10-3-7-12-8-4-10;;/h2*9-16H2,1-8H3;2*1-8H;;/q;;;;2*+2/p+2/b2*33-25+,34-28+,35-29+,36-32+;;;;. The molecule has 0 unspecified atom stereocenters. The van der Waals surface area contributed by atoms with E-state index in [1.165, 1.54) is 22.3 Å². The number of pyridine rings is 4. The maximum atomic E-state index is 13.2. The molecule has 130 heavy (non-hydrogen) atoms. The van der Waals surface area contributed by atoms with Gasteiger partial charge in [0.2, 0.25) is 0 Å². The van der Waals surface area contributed by atoms with Gasteiger partial charge in [-0.3, -0.25) is 90.9 Å². The van der Waals surface area contributed by atoms with E-state index in [1.807, 2.05) is 49.1 Å². The van der Waals surface area contributed by atoms with E-state index in [0.717, 1.165) is 0 Å². The molecule has 36 nitrogen and oxygen atoms in total. The molecule has 0 aliphatic carbocycles. The Bertz CT molecular complexity index is 4780. The zero-order valence-electron chi connectivity index (χ0n) is 75.5. The first-order valence-corrected chi connectivity index (χ1v) is 42.9. The van der Waals surface area contributed by atoms with E-state index in [-0.39, 0.29) is 243 Å². The molecule has 0 saturated carbocycles. The van der Waals surface area contributed by atoms with E-state index in [0.29, 0.717) is 89.2 Å². The zero-order valence-corrected chi connectivity index (χ0v) is 78.4. The minimum absolute atomic E-state index is 0. The molecule has 14 rings (SSSR count). The molecule has 0 fully saturated rings. The molecule has 0 aromatic carbocycles. The predicted molar refractivity (Wildman–Crippen MR) is 490 cm³/mol. The molecule has 0 radical (unpaired) electrons. The van der Waals surface area contributed by atoms with Crippen LogP contribution in [0.4, 0.5) is 0 Å². The second-order valence-corrected chi connectivity index (χ2v) is 29.7. The van der Waals surface area contributed by atoms with Crippen LogP contribution in [0.1, 0.15) is 214 Å². The summed E-state index contributed by atoms with van der Waals surface area (Å²) >= 11 is 0. The molecule has 0 spiro atoms. The predicted octanol–water partition coefficient (Wildman–Crippen LogP) is 22.6. The molecule has 0 saturated heterocycles. The van der Waals surface area contributed by atoms with Crippen LogP contribution in [0.15, 0.2) is 278 Å². The molecule has 16 bridgehead atoms. The smallest absolute Gasteiger partial charge is 0.513 e. The first-order chi connectivity index (χ1) is 61.5. The van der Waals surface area contributed by atoms with Gasteiger partial charge in [-0.05, 0) is 153 Å². The fraction of sp³-hybridized carbons (Fsp3) is 0.348. The number of rotatable bonds is 26. The summed E-state index contributed by atoms with van der Waals surface area (Å²) in [4.78, 5) is 114. The molecule has 660 valence electrons. The van der Waals surface area contributed by atoms with Crippen molar-refractivity contribution in [1.29, 1.82) is 0 Å². The molecule has 0 amide bonds. The Balaban J connectivity index is 0.000000229. The maximum absolute atomic E-state index is 13.2. The Morgan fingerprint density at radius 3 is 0.454 bits per heavy atom. The van der Waals surface area contributed by atoms with E-state index in [1.54, 1.807) is 136 Å². The summed E-state index contributed by atoms with van der Waals surface area (Å²) < 4.78 is 0. The van der Waals surface area contributed by atoms with Crippen molar-refractivity contribution in [3.63, 3.8) is 0 Å². The van der Waals surface area contributed by atoms with Gasteiger partial charge in [-0.1, -0.05) is 55.4 Å². The molecular formula is C92H98Mg2N20O16+6. The molecule has 2 N–H and O–H groups in total. The summed E-state index contributed by atoms with van der Waals surface area (Å²) in [7, 11) is 0.